The van der Waals surface area contributed by atoms with Crippen LogP contribution in [0.4, 0.5) is 0 Å². The Morgan fingerprint density at radius 3 is 2.47 bits per heavy atom. The standard InChI is InChI=1S/C24H26N2O4/c1-29-21-10-8-18(15-22(21)30-2)23(26-13-11-17(12-14-26)24(27)28)20-9-7-16-5-3-4-6-19(16)25-20/h3-10,15,17,23H,11-14H2,1-2H3,(H,27,28). The number of piperidine rings is 1. The van der Waals surface area contributed by atoms with Crippen LogP contribution < -0.4 is 9.47 Å². The number of fused-ring (bicyclic) bond motifs is 1. The van der Waals surface area contributed by atoms with E-state index in [0.717, 1.165) is 22.2 Å². The molecule has 1 saturated heterocycles. The third kappa shape index (κ3) is 3.96. The van der Waals surface area contributed by atoms with E-state index in [0.29, 0.717) is 37.4 Å². The summed E-state index contributed by atoms with van der Waals surface area (Å²) in [7, 11) is 3.25. The second-order valence-electron chi connectivity index (χ2n) is 7.59. The quantitative estimate of drug-likeness (QED) is 0.663. The number of carbonyl (C=O) groups is 1. The number of methoxy groups -OCH3 is 2. The van der Waals surface area contributed by atoms with Gasteiger partial charge in [-0.1, -0.05) is 30.3 Å². The largest absolute Gasteiger partial charge is 0.493 e. The number of aromatic nitrogens is 1. The summed E-state index contributed by atoms with van der Waals surface area (Å²) in [6.45, 7) is 1.40. The van der Waals surface area contributed by atoms with Crippen molar-refractivity contribution in [2.24, 2.45) is 5.92 Å². The number of pyridine rings is 1. The van der Waals surface area contributed by atoms with Gasteiger partial charge in [0.1, 0.15) is 0 Å². The Kier molecular flexibility index (Phi) is 5.86. The summed E-state index contributed by atoms with van der Waals surface area (Å²) in [5, 5.41) is 10.5. The Labute approximate surface area is 176 Å². The number of benzene rings is 2. The molecule has 3 aromatic rings. The van der Waals surface area contributed by atoms with Crippen molar-refractivity contribution in [2.45, 2.75) is 18.9 Å². The van der Waals surface area contributed by atoms with Crippen molar-refractivity contribution in [3.05, 3.63) is 65.9 Å². The molecule has 1 aromatic heterocycles. The van der Waals surface area contributed by atoms with Gasteiger partial charge in [-0.3, -0.25) is 14.7 Å². The molecule has 1 fully saturated rings. The van der Waals surface area contributed by atoms with E-state index in [4.69, 9.17) is 14.5 Å². The lowest BCUT2D eigenvalue weighted by molar-refractivity contribution is -0.143. The number of aliphatic carboxylic acids is 1. The molecule has 0 radical (unpaired) electrons. The topological polar surface area (TPSA) is 71.9 Å². The van der Waals surface area contributed by atoms with E-state index in [2.05, 4.69) is 23.1 Å². The SMILES string of the molecule is COc1ccc(C(c2ccc3ccccc3n2)N2CCC(C(=O)O)CC2)cc1OC. The number of carboxylic acids is 1. The molecule has 0 spiro atoms. The van der Waals surface area contributed by atoms with Crippen LogP contribution in [-0.2, 0) is 4.79 Å². The molecular formula is C24H26N2O4. The van der Waals surface area contributed by atoms with Crippen LogP contribution in [-0.4, -0.2) is 48.3 Å². The maximum Gasteiger partial charge on any atom is 0.306 e. The zero-order chi connectivity index (χ0) is 21.1. The van der Waals surface area contributed by atoms with Crippen molar-refractivity contribution in [2.75, 3.05) is 27.3 Å². The van der Waals surface area contributed by atoms with E-state index in [-0.39, 0.29) is 12.0 Å². The molecule has 0 saturated carbocycles. The number of hydrogen-bond donors (Lipinski definition) is 1. The Bertz CT molecular complexity index is 1040. The van der Waals surface area contributed by atoms with Gasteiger partial charge in [-0.25, -0.2) is 0 Å². The molecule has 2 aromatic carbocycles. The van der Waals surface area contributed by atoms with E-state index in [9.17, 15) is 9.90 Å². The minimum Gasteiger partial charge on any atom is -0.493 e. The first-order valence-electron chi connectivity index (χ1n) is 10.1. The highest BCUT2D eigenvalue weighted by Crippen LogP contribution is 2.37. The van der Waals surface area contributed by atoms with E-state index < -0.39 is 5.97 Å². The molecule has 1 N–H and O–H groups in total. The van der Waals surface area contributed by atoms with Crippen molar-refractivity contribution in [3.8, 4) is 11.5 Å². The first-order valence-corrected chi connectivity index (χ1v) is 10.1. The van der Waals surface area contributed by atoms with Crippen LogP contribution in [0.3, 0.4) is 0 Å². The van der Waals surface area contributed by atoms with E-state index in [1.165, 1.54) is 0 Å². The fourth-order valence-corrected chi connectivity index (χ4v) is 4.23. The van der Waals surface area contributed by atoms with Crippen molar-refractivity contribution >= 4 is 16.9 Å². The Morgan fingerprint density at radius 1 is 1.03 bits per heavy atom. The predicted molar refractivity (Wildman–Crippen MR) is 115 cm³/mol. The number of rotatable bonds is 6. The Hall–Kier alpha value is -3.12. The van der Waals surface area contributed by atoms with Gasteiger partial charge in [0.15, 0.2) is 11.5 Å². The lowest BCUT2D eigenvalue weighted by atomic mass is 9.92. The van der Waals surface area contributed by atoms with Gasteiger partial charge in [-0.05, 0) is 55.8 Å². The molecule has 30 heavy (non-hydrogen) atoms. The van der Waals surface area contributed by atoms with Crippen LogP contribution in [0.2, 0.25) is 0 Å². The monoisotopic (exact) mass is 406 g/mol. The Morgan fingerprint density at radius 2 is 1.77 bits per heavy atom. The Balaban J connectivity index is 1.75. The molecule has 1 aliphatic rings. The van der Waals surface area contributed by atoms with Crippen LogP contribution in [0.15, 0.2) is 54.6 Å². The maximum absolute atomic E-state index is 11.4. The summed E-state index contributed by atoms with van der Waals surface area (Å²) in [4.78, 5) is 18.7. The highest BCUT2D eigenvalue weighted by Gasteiger charge is 2.31. The number of para-hydroxylation sites is 1. The molecule has 0 amide bonds. The number of hydrogen-bond acceptors (Lipinski definition) is 5. The zero-order valence-corrected chi connectivity index (χ0v) is 17.2. The molecule has 1 unspecified atom stereocenters. The minimum absolute atomic E-state index is 0.0934. The van der Waals surface area contributed by atoms with Crippen molar-refractivity contribution < 1.29 is 19.4 Å². The fourth-order valence-electron chi connectivity index (χ4n) is 4.23. The highest BCUT2D eigenvalue weighted by molar-refractivity contribution is 5.78. The molecule has 1 aliphatic heterocycles. The van der Waals surface area contributed by atoms with Crippen molar-refractivity contribution in [1.29, 1.82) is 0 Å². The molecule has 6 heteroatoms. The normalized spacial score (nSPS) is 16.3. The van der Waals surface area contributed by atoms with Crippen LogP contribution >= 0.6 is 0 Å². The van der Waals surface area contributed by atoms with Gasteiger partial charge in [0.2, 0.25) is 0 Å². The summed E-state index contributed by atoms with van der Waals surface area (Å²) < 4.78 is 10.9. The first-order chi connectivity index (χ1) is 14.6. The lowest BCUT2D eigenvalue weighted by Crippen LogP contribution is -2.39. The number of nitrogens with zero attached hydrogens (tertiary/aromatic N) is 2. The smallest absolute Gasteiger partial charge is 0.306 e. The van der Waals surface area contributed by atoms with Gasteiger partial charge in [-0.2, -0.15) is 0 Å². The maximum atomic E-state index is 11.4. The minimum atomic E-state index is -0.707. The van der Waals surface area contributed by atoms with E-state index in [1.54, 1.807) is 14.2 Å². The summed E-state index contributed by atoms with van der Waals surface area (Å²) in [5.74, 6) is 0.357. The van der Waals surface area contributed by atoms with Gasteiger partial charge in [0.05, 0.1) is 37.4 Å². The summed E-state index contributed by atoms with van der Waals surface area (Å²) in [6, 6.07) is 18.1. The number of carboxylic acid groups (broad SMARTS) is 1. The fraction of sp³-hybridized carbons (Fsp3) is 0.333. The first kappa shape index (κ1) is 20.2. The van der Waals surface area contributed by atoms with Crippen LogP contribution in [0.1, 0.15) is 30.1 Å². The van der Waals surface area contributed by atoms with E-state index >= 15 is 0 Å². The van der Waals surface area contributed by atoms with Crippen molar-refractivity contribution in [1.82, 2.24) is 9.88 Å². The molecular weight excluding hydrogens is 380 g/mol. The molecule has 6 nitrogen and oxygen atoms in total. The molecule has 1 atom stereocenters. The second-order valence-corrected chi connectivity index (χ2v) is 7.59. The van der Waals surface area contributed by atoms with Gasteiger partial charge in [0, 0.05) is 5.39 Å². The van der Waals surface area contributed by atoms with Crippen LogP contribution in [0.25, 0.3) is 10.9 Å². The molecule has 4 rings (SSSR count). The third-order valence-corrected chi connectivity index (χ3v) is 5.87. The molecule has 0 bridgehead atoms. The number of likely N-dealkylation sites (tertiary alicyclic amines) is 1. The third-order valence-electron chi connectivity index (χ3n) is 5.87. The van der Waals surface area contributed by atoms with Gasteiger partial charge < -0.3 is 14.6 Å². The van der Waals surface area contributed by atoms with Gasteiger partial charge in [-0.15, -0.1) is 0 Å². The van der Waals surface area contributed by atoms with Gasteiger partial charge >= 0.3 is 5.97 Å². The highest BCUT2D eigenvalue weighted by atomic mass is 16.5. The summed E-state index contributed by atoms with van der Waals surface area (Å²) in [6.07, 6.45) is 1.26. The second kappa shape index (κ2) is 8.71. The average Bonchev–Trinajstić information content (AvgIpc) is 2.79. The molecule has 0 aliphatic carbocycles. The zero-order valence-electron chi connectivity index (χ0n) is 17.2. The summed E-state index contributed by atoms with van der Waals surface area (Å²) in [5.41, 5.74) is 2.93. The van der Waals surface area contributed by atoms with Gasteiger partial charge in [0.25, 0.3) is 0 Å². The van der Waals surface area contributed by atoms with E-state index in [1.807, 2.05) is 36.4 Å². The summed E-state index contributed by atoms with van der Waals surface area (Å²) >= 11 is 0. The lowest BCUT2D eigenvalue weighted by Gasteiger charge is -2.36. The van der Waals surface area contributed by atoms with Crippen molar-refractivity contribution in [3.63, 3.8) is 0 Å². The van der Waals surface area contributed by atoms with Crippen LogP contribution in [0, 0.1) is 5.92 Å². The molecule has 156 valence electrons. The average molecular weight is 406 g/mol. The number of ether oxygens (including phenoxy) is 2. The van der Waals surface area contributed by atoms with Crippen LogP contribution in [0.5, 0.6) is 11.5 Å². The molecule has 2 heterocycles. The predicted octanol–water partition coefficient (Wildman–Crippen LogP) is 4.14.